The van der Waals surface area contributed by atoms with E-state index in [1.54, 1.807) is 6.07 Å². The summed E-state index contributed by atoms with van der Waals surface area (Å²) in [4.78, 5) is 8.09. The van der Waals surface area contributed by atoms with Crippen molar-refractivity contribution < 1.29 is 17.9 Å². The number of pyridine rings is 1. The minimum absolute atomic E-state index is 0.0652. The number of hydrogen-bond donors (Lipinski definition) is 2. The lowest BCUT2D eigenvalue weighted by molar-refractivity contribution is -0.154. The number of halogens is 3. The molecule has 2 rings (SSSR count). The largest absolute Gasteiger partial charge is 0.468 e. The Bertz CT molecular complexity index is 523. The van der Waals surface area contributed by atoms with Gasteiger partial charge in [-0.25, -0.2) is 9.98 Å². The van der Waals surface area contributed by atoms with Gasteiger partial charge in [0.2, 0.25) is 5.88 Å². The number of aromatic nitrogens is 1. The van der Waals surface area contributed by atoms with Gasteiger partial charge in [0, 0.05) is 18.3 Å². The van der Waals surface area contributed by atoms with E-state index >= 15 is 0 Å². The van der Waals surface area contributed by atoms with E-state index < -0.39 is 12.8 Å². The van der Waals surface area contributed by atoms with E-state index in [9.17, 15) is 13.2 Å². The fourth-order valence-electron chi connectivity index (χ4n) is 2.60. The Kier molecular flexibility index (Phi) is 6.69. The van der Waals surface area contributed by atoms with Gasteiger partial charge in [-0.1, -0.05) is 31.7 Å². The van der Waals surface area contributed by atoms with Crippen LogP contribution in [-0.4, -0.2) is 29.8 Å². The molecule has 1 aromatic rings. The van der Waals surface area contributed by atoms with Crippen LogP contribution in [-0.2, 0) is 6.54 Å². The fraction of sp³-hybridized carbons (Fsp3) is 0.625. The van der Waals surface area contributed by atoms with Gasteiger partial charge in [0.05, 0.1) is 6.54 Å². The molecule has 1 aromatic heterocycles. The van der Waals surface area contributed by atoms with Crippen LogP contribution in [0.1, 0.15) is 44.1 Å². The Morgan fingerprint density at radius 1 is 1.25 bits per heavy atom. The van der Waals surface area contributed by atoms with Crippen molar-refractivity contribution >= 4 is 5.96 Å². The standard InChI is InChI=1S/C16H23F3N4O/c17-16(18,19)11-24-14-8-7-12(9-21-14)10-22-15(20)23-13-5-3-1-2-4-6-13/h7-9,13H,1-6,10-11H2,(H3,20,22,23). The van der Waals surface area contributed by atoms with Crippen molar-refractivity contribution in [3.05, 3.63) is 23.9 Å². The molecule has 0 saturated heterocycles. The van der Waals surface area contributed by atoms with Crippen molar-refractivity contribution in [3.8, 4) is 5.88 Å². The molecule has 1 saturated carbocycles. The predicted octanol–water partition coefficient (Wildman–Crippen LogP) is 3.15. The van der Waals surface area contributed by atoms with Gasteiger partial charge >= 0.3 is 6.18 Å². The van der Waals surface area contributed by atoms with Crippen LogP contribution in [0.3, 0.4) is 0 Å². The van der Waals surface area contributed by atoms with E-state index in [1.165, 1.54) is 37.9 Å². The van der Waals surface area contributed by atoms with E-state index in [2.05, 4.69) is 20.0 Å². The highest BCUT2D eigenvalue weighted by molar-refractivity contribution is 5.78. The second-order valence-electron chi connectivity index (χ2n) is 5.94. The highest BCUT2D eigenvalue weighted by atomic mass is 19.4. The molecule has 0 aromatic carbocycles. The Hall–Kier alpha value is -1.99. The first-order chi connectivity index (χ1) is 11.4. The SMILES string of the molecule is NC(=NCc1ccc(OCC(F)(F)F)nc1)NC1CCCCCC1. The average Bonchev–Trinajstić information content (AvgIpc) is 2.80. The van der Waals surface area contributed by atoms with Crippen LogP contribution >= 0.6 is 0 Å². The summed E-state index contributed by atoms with van der Waals surface area (Å²) in [6, 6.07) is 3.39. The molecule has 8 heteroatoms. The molecule has 1 aliphatic rings. The molecule has 1 fully saturated rings. The zero-order valence-corrected chi connectivity index (χ0v) is 13.5. The van der Waals surface area contributed by atoms with Gasteiger partial charge in [0.25, 0.3) is 0 Å². The van der Waals surface area contributed by atoms with Gasteiger partial charge in [-0.2, -0.15) is 13.2 Å². The molecule has 0 amide bonds. The molecule has 0 radical (unpaired) electrons. The van der Waals surface area contributed by atoms with Crippen molar-refractivity contribution in [2.45, 2.75) is 57.3 Å². The maximum atomic E-state index is 12.1. The van der Waals surface area contributed by atoms with Crippen molar-refractivity contribution in [2.75, 3.05) is 6.61 Å². The number of nitrogens with two attached hydrogens (primary N) is 1. The summed E-state index contributed by atoms with van der Waals surface area (Å²) in [5, 5.41) is 3.24. The summed E-state index contributed by atoms with van der Waals surface area (Å²) in [5.74, 6) is 0.323. The topological polar surface area (TPSA) is 72.5 Å². The van der Waals surface area contributed by atoms with Crippen LogP contribution in [0.5, 0.6) is 5.88 Å². The predicted molar refractivity (Wildman–Crippen MR) is 85.7 cm³/mol. The highest BCUT2D eigenvalue weighted by Crippen LogP contribution is 2.18. The molecule has 0 spiro atoms. The zero-order valence-electron chi connectivity index (χ0n) is 13.5. The number of ether oxygens (including phenoxy) is 1. The molecular formula is C16H23F3N4O. The molecule has 3 N–H and O–H groups in total. The van der Waals surface area contributed by atoms with Gasteiger partial charge in [-0.05, 0) is 18.4 Å². The first-order valence-corrected chi connectivity index (χ1v) is 8.13. The molecule has 1 aliphatic carbocycles. The summed E-state index contributed by atoms with van der Waals surface area (Å²) in [5.41, 5.74) is 6.65. The van der Waals surface area contributed by atoms with E-state index in [1.807, 2.05) is 0 Å². The molecule has 134 valence electrons. The maximum Gasteiger partial charge on any atom is 0.422 e. The number of aliphatic imine (C=N–C) groups is 1. The summed E-state index contributed by atoms with van der Waals surface area (Å²) in [6.45, 7) is -1.03. The third kappa shape index (κ3) is 7.06. The molecule has 0 aliphatic heterocycles. The van der Waals surface area contributed by atoms with Gasteiger partial charge < -0.3 is 15.8 Å². The monoisotopic (exact) mass is 344 g/mol. The van der Waals surface area contributed by atoms with Crippen molar-refractivity contribution in [2.24, 2.45) is 10.7 Å². The molecular weight excluding hydrogens is 321 g/mol. The highest BCUT2D eigenvalue weighted by Gasteiger charge is 2.28. The number of guanidine groups is 1. The number of alkyl halides is 3. The lowest BCUT2D eigenvalue weighted by Gasteiger charge is -2.16. The third-order valence-corrected chi connectivity index (χ3v) is 3.82. The summed E-state index contributed by atoms with van der Waals surface area (Å²) in [7, 11) is 0. The second kappa shape index (κ2) is 8.75. The third-order valence-electron chi connectivity index (χ3n) is 3.82. The number of nitrogens with zero attached hydrogens (tertiary/aromatic N) is 2. The Morgan fingerprint density at radius 3 is 2.54 bits per heavy atom. The minimum Gasteiger partial charge on any atom is -0.468 e. The van der Waals surface area contributed by atoms with Crippen molar-refractivity contribution in [3.63, 3.8) is 0 Å². The Labute approximate surface area is 139 Å². The van der Waals surface area contributed by atoms with Crippen molar-refractivity contribution in [1.82, 2.24) is 10.3 Å². The molecule has 1 heterocycles. The molecule has 0 unspecified atom stereocenters. The van der Waals surface area contributed by atoms with Gasteiger partial charge in [-0.15, -0.1) is 0 Å². The minimum atomic E-state index is -4.37. The molecule has 0 bridgehead atoms. The zero-order chi connectivity index (χ0) is 17.4. The van der Waals surface area contributed by atoms with Gasteiger partial charge in [0.1, 0.15) is 0 Å². The summed E-state index contributed by atoms with van der Waals surface area (Å²) >= 11 is 0. The number of nitrogens with one attached hydrogen (secondary N) is 1. The lowest BCUT2D eigenvalue weighted by Crippen LogP contribution is -2.39. The Morgan fingerprint density at radius 2 is 1.96 bits per heavy atom. The Balaban J connectivity index is 1.79. The molecule has 5 nitrogen and oxygen atoms in total. The first-order valence-electron chi connectivity index (χ1n) is 8.13. The quantitative estimate of drug-likeness (QED) is 0.489. The van der Waals surface area contributed by atoms with Crippen LogP contribution in [0, 0.1) is 0 Å². The maximum absolute atomic E-state index is 12.1. The van der Waals surface area contributed by atoms with Crippen LogP contribution in [0.2, 0.25) is 0 Å². The summed E-state index contributed by atoms with van der Waals surface area (Å²) < 4.78 is 40.7. The average molecular weight is 344 g/mol. The number of hydrogen-bond acceptors (Lipinski definition) is 3. The fourth-order valence-corrected chi connectivity index (χ4v) is 2.60. The van der Waals surface area contributed by atoms with Crippen LogP contribution in [0.25, 0.3) is 0 Å². The van der Waals surface area contributed by atoms with E-state index in [4.69, 9.17) is 5.73 Å². The van der Waals surface area contributed by atoms with E-state index in [-0.39, 0.29) is 5.88 Å². The second-order valence-corrected chi connectivity index (χ2v) is 5.94. The first kappa shape index (κ1) is 18.4. The lowest BCUT2D eigenvalue weighted by atomic mass is 10.1. The van der Waals surface area contributed by atoms with Crippen molar-refractivity contribution in [1.29, 1.82) is 0 Å². The smallest absolute Gasteiger partial charge is 0.422 e. The van der Waals surface area contributed by atoms with Crippen LogP contribution in [0.15, 0.2) is 23.3 Å². The van der Waals surface area contributed by atoms with Gasteiger partial charge in [-0.3, -0.25) is 0 Å². The van der Waals surface area contributed by atoms with Crippen LogP contribution in [0.4, 0.5) is 13.2 Å². The normalized spacial score (nSPS) is 17.4. The molecule has 24 heavy (non-hydrogen) atoms. The summed E-state index contributed by atoms with van der Waals surface area (Å²) in [6.07, 6.45) is 4.21. The van der Waals surface area contributed by atoms with Gasteiger partial charge in [0.15, 0.2) is 12.6 Å². The van der Waals surface area contributed by atoms with E-state index in [0.717, 1.165) is 18.4 Å². The number of rotatable bonds is 5. The van der Waals surface area contributed by atoms with E-state index in [0.29, 0.717) is 18.5 Å². The van der Waals surface area contributed by atoms with Crippen LogP contribution < -0.4 is 15.8 Å². The molecule has 0 atom stereocenters.